The molecule has 0 saturated carbocycles. The van der Waals surface area contributed by atoms with Gasteiger partial charge in [0.25, 0.3) is 10.0 Å². The number of rotatable bonds is 4. The van der Waals surface area contributed by atoms with Crippen LogP contribution in [0.1, 0.15) is 5.56 Å². The molecule has 5 rings (SSSR count). The van der Waals surface area contributed by atoms with Gasteiger partial charge in [-0.05, 0) is 37.3 Å². The predicted molar refractivity (Wildman–Crippen MR) is 126 cm³/mol. The van der Waals surface area contributed by atoms with Gasteiger partial charge in [-0.1, -0.05) is 29.8 Å². The van der Waals surface area contributed by atoms with E-state index in [0.29, 0.717) is 16.6 Å². The molecule has 0 N–H and O–H groups in total. The maximum atomic E-state index is 13.8. The second kappa shape index (κ2) is 7.26. The van der Waals surface area contributed by atoms with Crippen molar-refractivity contribution in [1.82, 2.24) is 18.7 Å². The quantitative estimate of drug-likeness (QED) is 0.390. The highest BCUT2D eigenvalue weighted by molar-refractivity contribution is 7.90. The van der Waals surface area contributed by atoms with E-state index in [1.54, 1.807) is 66.6 Å². The van der Waals surface area contributed by atoms with Crippen molar-refractivity contribution in [2.75, 3.05) is 6.26 Å². The minimum absolute atomic E-state index is 0.100. The Labute approximate surface area is 191 Å². The number of hydrogen-bond donors (Lipinski definition) is 0. The second-order valence-corrected chi connectivity index (χ2v) is 11.8. The molecule has 0 aliphatic carbocycles. The summed E-state index contributed by atoms with van der Waals surface area (Å²) in [5.74, 6) is 0. The number of fused-ring (bicyclic) bond motifs is 3. The molecular weight excluding hydrogens is 460 g/mol. The van der Waals surface area contributed by atoms with Gasteiger partial charge in [0.15, 0.2) is 15.5 Å². The predicted octanol–water partition coefficient (Wildman–Crippen LogP) is 3.54. The van der Waals surface area contributed by atoms with Crippen LogP contribution in [0.3, 0.4) is 0 Å². The molecule has 0 saturated heterocycles. The summed E-state index contributed by atoms with van der Waals surface area (Å²) in [5.41, 5.74) is 2.67. The van der Waals surface area contributed by atoms with E-state index in [-0.39, 0.29) is 15.4 Å². The van der Waals surface area contributed by atoms with E-state index in [1.165, 1.54) is 16.1 Å². The molecule has 33 heavy (non-hydrogen) atoms. The van der Waals surface area contributed by atoms with Gasteiger partial charge in [0.2, 0.25) is 0 Å². The molecule has 2 aromatic carbocycles. The van der Waals surface area contributed by atoms with Gasteiger partial charge in [-0.25, -0.2) is 25.8 Å². The van der Waals surface area contributed by atoms with Gasteiger partial charge in [-0.2, -0.15) is 5.10 Å². The van der Waals surface area contributed by atoms with Gasteiger partial charge in [-0.15, -0.1) is 0 Å². The summed E-state index contributed by atoms with van der Waals surface area (Å²) in [6.45, 7) is 1.88. The van der Waals surface area contributed by atoms with Gasteiger partial charge in [0.05, 0.1) is 27.2 Å². The van der Waals surface area contributed by atoms with Crippen molar-refractivity contribution in [2.45, 2.75) is 16.7 Å². The number of hydrogen-bond acceptors (Lipinski definition) is 6. The molecule has 3 aromatic heterocycles. The zero-order valence-electron chi connectivity index (χ0n) is 18.1. The minimum Gasteiger partial charge on any atom is -0.267 e. The van der Waals surface area contributed by atoms with E-state index in [2.05, 4.69) is 10.1 Å². The Morgan fingerprint density at radius 3 is 2.30 bits per heavy atom. The Morgan fingerprint density at radius 1 is 0.879 bits per heavy atom. The fourth-order valence-electron chi connectivity index (χ4n) is 3.93. The first-order chi connectivity index (χ1) is 15.6. The molecular formula is C23H20N4O4S2. The van der Waals surface area contributed by atoms with Gasteiger partial charge >= 0.3 is 0 Å². The molecule has 0 fully saturated rings. The molecule has 0 unspecified atom stereocenters. The summed E-state index contributed by atoms with van der Waals surface area (Å²) in [5, 5.41) is 5.64. The van der Waals surface area contributed by atoms with Crippen molar-refractivity contribution in [2.24, 2.45) is 7.05 Å². The standard InChI is InChI=1S/C23H20N4O4S2/c1-15-7-9-18(10-8-15)33(30,31)27-21(16-5-4-6-19(11-16)32(3,28)29)12-20-22-17(13-24-23(20)27)14-25-26(22)2/h4-14H,1-3H3. The maximum Gasteiger partial charge on any atom is 0.269 e. The lowest BCUT2D eigenvalue weighted by Gasteiger charge is -2.12. The lowest BCUT2D eigenvalue weighted by molar-refractivity contribution is 0.589. The van der Waals surface area contributed by atoms with Crippen molar-refractivity contribution in [3.05, 3.63) is 72.6 Å². The molecule has 5 aromatic rings. The average molecular weight is 481 g/mol. The molecule has 0 bridgehead atoms. The van der Waals surface area contributed by atoms with E-state index < -0.39 is 19.9 Å². The molecule has 168 valence electrons. The molecule has 0 spiro atoms. The Morgan fingerprint density at radius 2 is 1.61 bits per heavy atom. The van der Waals surface area contributed by atoms with Crippen molar-refractivity contribution in [3.8, 4) is 11.3 Å². The summed E-state index contributed by atoms with van der Waals surface area (Å²) >= 11 is 0. The van der Waals surface area contributed by atoms with Crippen LogP contribution >= 0.6 is 0 Å². The van der Waals surface area contributed by atoms with E-state index in [4.69, 9.17) is 0 Å². The van der Waals surface area contributed by atoms with Crippen LogP contribution in [-0.4, -0.2) is 41.8 Å². The van der Waals surface area contributed by atoms with Crippen LogP contribution in [0.15, 0.2) is 76.8 Å². The van der Waals surface area contributed by atoms with Crippen molar-refractivity contribution in [1.29, 1.82) is 0 Å². The maximum absolute atomic E-state index is 13.8. The number of benzene rings is 2. The number of nitrogens with zero attached hydrogens (tertiary/aromatic N) is 4. The molecule has 10 heteroatoms. The number of sulfone groups is 1. The highest BCUT2D eigenvalue weighted by Crippen LogP contribution is 2.35. The molecule has 3 heterocycles. The van der Waals surface area contributed by atoms with E-state index in [9.17, 15) is 16.8 Å². The van der Waals surface area contributed by atoms with E-state index in [1.807, 2.05) is 6.92 Å². The fraction of sp³-hybridized carbons (Fsp3) is 0.130. The van der Waals surface area contributed by atoms with E-state index >= 15 is 0 Å². The van der Waals surface area contributed by atoms with Crippen molar-refractivity contribution >= 4 is 41.8 Å². The van der Waals surface area contributed by atoms with Crippen LogP contribution in [0.25, 0.3) is 33.2 Å². The van der Waals surface area contributed by atoms with Crippen LogP contribution in [0.4, 0.5) is 0 Å². The Bertz CT molecular complexity index is 1760. The Balaban J connectivity index is 1.90. The fourth-order valence-corrected chi connectivity index (χ4v) is 6.08. The summed E-state index contributed by atoms with van der Waals surface area (Å²) in [6.07, 6.45) is 4.37. The van der Waals surface area contributed by atoms with Gasteiger partial charge in [-0.3, -0.25) is 4.68 Å². The van der Waals surface area contributed by atoms with Crippen LogP contribution in [0.2, 0.25) is 0 Å². The largest absolute Gasteiger partial charge is 0.269 e. The molecule has 0 aliphatic rings. The Kier molecular flexibility index (Phi) is 4.69. The minimum atomic E-state index is -4.06. The third kappa shape index (κ3) is 3.42. The first kappa shape index (κ1) is 21.4. The number of aromatic nitrogens is 4. The topological polar surface area (TPSA) is 104 Å². The summed E-state index contributed by atoms with van der Waals surface area (Å²) in [4.78, 5) is 4.67. The van der Waals surface area contributed by atoms with Crippen LogP contribution in [-0.2, 0) is 26.9 Å². The van der Waals surface area contributed by atoms with Gasteiger partial charge < -0.3 is 0 Å². The molecule has 0 amide bonds. The first-order valence-corrected chi connectivity index (χ1v) is 13.4. The van der Waals surface area contributed by atoms with Crippen molar-refractivity contribution < 1.29 is 16.8 Å². The highest BCUT2D eigenvalue weighted by atomic mass is 32.2. The third-order valence-electron chi connectivity index (χ3n) is 5.60. The van der Waals surface area contributed by atoms with Crippen LogP contribution in [0, 0.1) is 6.92 Å². The monoisotopic (exact) mass is 480 g/mol. The highest BCUT2D eigenvalue weighted by Gasteiger charge is 2.26. The average Bonchev–Trinajstić information content (AvgIpc) is 3.34. The van der Waals surface area contributed by atoms with Crippen molar-refractivity contribution in [3.63, 3.8) is 0 Å². The third-order valence-corrected chi connectivity index (χ3v) is 8.43. The lowest BCUT2D eigenvalue weighted by atomic mass is 10.1. The smallest absolute Gasteiger partial charge is 0.267 e. The normalized spacial score (nSPS) is 12.6. The second-order valence-electron chi connectivity index (χ2n) is 7.98. The summed E-state index contributed by atoms with van der Waals surface area (Å²) < 4.78 is 54.8. The molecule has 0 radical (unpaired) electrons. The molecule has 0 atom stereocenters. The van der Waals surface area contributed by atoms with Crippen LogP contribution in [0.5, 0.6) is 0 Å². The zero-order valence-corrected chi connectivity index (χ0v) is 19.7. The number of aryl methyl sites for hydroxylation is 2. The Hall–Kier alpha value is -3.50. The molecule has 8 nitrogen and oxygen atoms in total. The number of pyridine rings is 1. The zero-order chi connectivity index (χ0) is 23.5. The van der Waals surface area contributed by atoms with Gasteiger partial charge in [0.1, 0.15) is 0 Å². The molecule has 0 aliphatic heterocycles. The summed E-state index contributed by atoms with van der Waals surface area (Å²) in [6, 6.07) is 14.5. The summed E-state index contributed by atoms with van der Waals surface area (Å²) in [7, 11) is -5.77. The lowest BCUT2D eigenvalue weighted by Crippen LogP contribution is -2.15. The van der Waals surface area contributed by atoms with Gasteiger partial charge in [0, 0.05) is 35.8 Å². The SMILES string of the molecule is Cc1ccc(S(=O)(=O)n2c(-c3cccc(S(C)(=O)=O)c3)cc3c4c(cnc32)cnn4C)cc1. The van der Waals surface area contributed by atoms with E-state index in [0.717, 1.165) is 22.7 Å². The first-order valence-electron chi connectivity index (χ1n) is 10.0. The van der Waals surface area contributed by atoms with Crippen LogP contribution < -0.4 is 0 Å².